The minimum Gasteiger partial charge on any atom is -0.417 e. The minimum absolute atomic E-state index is 0.236. The van der Waals surface area contributed by atoms with Gasteiger partial charge in [-0.2, -0.15) is 0 Å². The first kappa shape index (κ1) is 29.9. The molecule has 8 heteroatoms. The first-order chi connectivity index (χ1) is 15.0. The van der Waals surface area contributed by atoms with Gasteiger partial charge in [-0.1, -0.05) is 44.1 Å². The minimum atomic E-state index is -2.88. The number of hydrogen-bond acceptors (Lipinski definition) is 5. The molecule has 4 nitrogen and oxygen atoms in total. The van der Waals surface area contributed by atoms with Gasteiger partial charge in [-0.25, -0.2) is 0 Å². The molecule has 184 valence electrons. The lowest BCUT2D eigenvalue weighted by atomic mass is 10.2. The van der Waals surface area contributed by atoms with Gasteiger partial charge in [0.2, 0.25) is 0 Å². The molecular weight excluding hydrogens is 476 g/mol. The Morgan fingerprint density at radius 1 is 0.906 bits per heavy atom. The lowest BCUT2D eigenvalue weighted by Crippen LogP contribution is -2.44. The van der Waals surface area contributed by atoms with Crippen LogP contribution < -0.4 is 0 Å². The molecule has 0 bridgehead atoms. The third-order valence-electron chi connectivity index (χ3n) is 5.52. The largest absolute Gasteiger partial charge is 0.530 e. The van der Waals surface area contributed by atoms with Crippen LogP contribution >= 0.6 is 23.4 Å². The number of rotatable bonds is 15. The molecule has 1 aromatic carbocycles. The van der Waals surface area contributed by atoms with Crippen molar-refractivity contribution in [2.24, 2.45) is 0 Å². The van der Waals surface area contributed by atoms with E-state index in [0.717, 1.165) is 35.8 Å². The molecule has 0 aliphatic rings. The molecule has 0 aliphatic heterocycles. The first-order valence-corrected chi connectivity index (χ1v) is 17.6. The topological polar surface area (TPSA) is 36.9 Å². The zero-order chi connectivity index (χ0) is 24.3. The van der Waals surface area contributed by atoms with Crippen molar-refractivity contribution in [3.05, 3.63) is 39.9 Å². The number of benzene rings is 1. The van der Waals surface area contributed by atoms with Crippen molar-refractivity contribution in [3.63, 3.8) is 0 Å². The van der Waals surface area contributed by atoms with Crippen LogP contribution in [0, 0.1) is 0 Å². The summed E-state index contributed by atoms with van der Waals surface area (Å²) >= 11 is 7.81. The van der Waals surface area contributed by atoms with Crippen LogP contribution in [0.3, 0.4) is 0 Å². The van der Waals surface area contributed by atoms with Gasteiger partial charge in [0.15, 0.2) is 8.32 Å². The van der Waals surface area contributed by atoms with Crippen LogP contribution in [0.4, 0.5) is 0 Å². The molecule has 32 heavy (non-hydrogen) atoms. The Balaban J connectivity index is 2.94. The highest BCUT2D eigenvalue weighted by Gasteiger charge is 2.39. The Morgan fingerprint density at radius 3 is 1.91 bits per heavy atom. The van der Waals surface area contributed by atoms with Crippen LogP contribution in [-0.2, 0) is 17.7 Å². The zero-order valence-electron chi connectivity index (χ0n) is 21.3. The predicted molar refractivity (Wildman–Crippen MR) is 143 cm³/mol. The maximum Gasteiger partial charge on any atom is 0.530 e. The van der Waals surface area contributed by atoms with E-state index in [4.69, 9.17) is 29.3 Å². The molecular formula is C24H43ClO4SSi2. The van der Waals surface area contributed by atoms with E-state index >= 15 is 0 Å². The SMILES string of the molecule is CCO[Si](/C=C(/CCCCO[Si](C)(C)C(C)(C)C)Sc1ccc(Cl)cc1)(OCC)OCC. The summed E-state index contributed by atoms with van der Waals surface area (Å²) in [6.45, 7) is 19.9. The zero-order valence-corrected chi connectivity index (χ0v) is 24.8. The highest BCUT2D eigenvalue weighted by Crippen LogP contribution is 2.37. The molecule has 0 N–H and O–H groups in total. The van der Waals surface area contributed by atoms with Gasteiger partial charge in [-0.3, -0.25) is 0 Å². The normalized spacial score (nSPS) is 13.6. The lowest BCUT2D eigenvalue weighted by Gasteiger charge is -2.36. The third-order valence-corrected chi connectivity index (χ3v) is 14.4. The fourth-order valence-electron chi connectivity index (χ4n) is 2.80. The van der Waals surface area contributed by atoms with Crippen LogP contribution in [0.5, 0.6) is 0 Å². The van der Waals surface area contributed by atoms with Crippen molar-refractivity contribution in [1.82, 2.24) is 0 Å². The van der Waals surface area contributed by atoms with Crippen LogP contribution in [-0.4, -0.2) is 43.5 Å². The van der Waals surface area contributed by atoms with E-state index in [0.29, 0.717) is 19.8 Å². The van der Waals surface area contributed by atoms with Crippen LogP contribution in [0.25, 0.3) is 0 Å². The smallest absolute Gasteiger partial charge is 0.417 e. The predicted octanol–water partition coefficient (Wildman–Crippen LogP) is 8.10. The standard InChI is InChI=1S/C24H43ClO4SSi2/c1-9-26-32(27-10-2,28-11-3)20-23(30-22-17-15-21(25)16-18-22)14-12-13-19-29-31(7,8)24(4,5)6/h15-18,20H,9-14,19H2,1-8H3/b23-20-. The molecule has 0 unspecified atom stereocenters. The third kappa shape index (κ3) is 10.4. The second kappa shape index (κ2) is 14.3. The summed E-state index contributed by atoms with van der Waals surface area (Å²) < 4.78 is 24.6. The molecule has 0 spiro atoms. The summed E-state index contributed by atoms with van der Waals surface area (Å²) in [7, 11) is -4.58. The first-order valence-electron chi connectivity index (χ1n) is 11.7. The quantitative estimate of drug-likeness (QED) is 0.133. The Labute approximate surface area is 207 Å². The molecule has 0 atom stereocenters. The van der Waals surface area contributed by atoms with E-state index in [1.807, 2.05) is 45.0 Å². The summed E-state index contributed by atoms with van der Waals surface area (Å²) in [5, 5.41) is 0.976. The monoisotopic (exact) mass is 518 g/mol. The number of hydrogen-bond donors (Lipinski definition) is 0. The van der Waals surface area contributed by atoms with E-state index in [2.05, 4.69) is 39.6 Å². The molecule has 0 aromatic heterocycles. The van der Waals surface area contributed by atoms with Crippen molar-refractivity contribution in [3.8, 4) is 0 Å². The van der Waals surface area contributed by atoms with Crippen molar-refractivity contribution in [1.29, 1.82) is 0 Å². The average Bonchev–Trinajstić information content (AvgIpc) is 2.69. The van der Waals surface area contributed by atoms with Gasteiger partial charge in [0, 0.05) is 36.3 Å². The summed E-state index contributed by atoms with van der Waals surface area (Å²) in [6, 6.07) is 7.94. The van der Waals surface area contributed by atoms with Crippen LogP contribution in [0.2, 0.25) is 23.2 Å². The van der Waals surface area contributed by atoms with E-state index in [-0.39, 0.29) is 5.04 Å². The molecule has 1 rings (SSSR count). The molecule has 0 amide bonds. The lowest BCUT2D eigenvalue weighted by molar-refractivity contribution is 0.0841. The number of thioether (sulfide) groups is 1. The van der Waals surface area contributed by atoms with Crippen LogP contribution in [0.15, 0.2) is 39.8 Å². The number of allylic oxidation sites excluding steroid dienone is 1. The Hall–Kier alpha value is -0.126. The van der Waals surface area contributed by atoms with E-state index in [1.165, 1.54) is 4.91 Å². The van der Waals surface area contributed by atoms with Gasteiger partial charge in [0.05, 0.1) is 0 Å². The molecule has 0 heterocycles. The maximum absolute atomic E-state index is 6.36. The van der Waals surface area contributed by atoms with E-state index in [1.54, 1.807) is 11.8 Å². The fraction of sp³-hybridized carbons (Fsp3) is 0.667. The Kier molecular flexibility index (Phi) is 13.4. The van der Waals surface area contributed by atoms with Gasteiger partial charge >= 0.3 is 8.80 Å². The molecule has 0 aliphatic carbocycles. The van der Waals surface area contributed by atoms with Crippen LogP contribution in [0.1, 0.15) is 60.8 Å². The number of unbranched alkanes of at least 4 members (excludes halogenated alkanes) is 1. The van der Waals surface area contributed by atoms with Gasteiger partial charge < -0.3 is 17.7 Å². The molecule has 1 aromatic rings. The summed E-state index contributed by atoms with van der Waals surface area (Å²) in [5.74, 6) is 0. The summed E-state index contributed by atoms with van der Waals surface area (Å²) in [4.78, 5) is 2.35. The Morgan fingerprint density at radius 2 is 1.44 bits per heavy atom. The van der Waals surface area contributed by atoms with Crippen molar-refractivity contribution >= 4 is 40.5 Å². The summed E-state index contributed by atoms with van der Waals surface area (Å²) in [5.41, 5.74) is 2.14. The maximum atomic E-state index is 6.36. The highest BCUT2D eigenvalue weighted by molar-refractivity contribution is 8.03. The van der Waals surface area contributed by atoms with Crippen molar-refractivity contribution in [2.75, 3.05) is 26.4 Å². The fourth-order valence-corrected chi connectivity index (χ4v) is 7.75. The van der Waals surface area contributed by atoms with Crippen molar-refractivity contribution < 1.29 is 17.7 Å². The van der Waals surface area contributed by atoms with Gasteiger partial charge in [0.25, 0.3) is 0 Å². The van der Waals surface area contributed by atoms with Gasteiger partial charge in [0.1, 0.15) is 0 Å². The summed E-state index contributed by atoms with van der Waals surface area (Å²) in [6.07, 6.45) is 2.99. The van der Waals surface area contributed by atoms with E-state index in [9.17, 15) is 0 Å². The highest BCUT2D eigenvalue weighted by atomic mass is 35.5. The Bertz CT molecular complexity index is 673. The van der Waals surface area contributed by atoms with E-state index < -0.39 is 17.1 Å². The van der Waals surface area contributed by atoms with Gasteiger partial charge in [-0.15, -0.1) is 0 Å². The second-order valence-electron chi connectivity index (χ2n) is 9.14. The molecule has 0 radical (unpaired) electrons. The van der Waals surface area contributed by atoms with Crippen molar-refractivity contribution in [2.45, 2.75) is 83.8 Å². The average molecular weight is 519 g/mol. The number of halogens is 1. The molecule has 0 fully saturated rings. The molecule has 0 saturated heterocycles. The molecule has 0 saturated carbocycles. The van der Waals surface area contributed by atoms with Gasteiger partial charge in [-0.05, 0) is 93.0 Å². The second-order valence-corrected chi connectivity index (χ2v) is 17.9.